The molecule has 23 heavy (non-hydrogen) atoms. The number of benzene rings is 1. The second kappa shape index (κ2) is 6.06. The zero-order valence-corrected chi connectivity index (χ0v) is 13.7. The van der Waals surface area contributed by atoms with Crippen molar-refractivity contribution < 1.29 is 0 Å². The molecule has 2 N–H and O–H groups in total. The van der Waals surface area contributed by atoms with Gasteiger partial charge in [0.25, 0.3) is 0 Å². The van der Waals surface area contributed by atoms with E-state index < -0.39 is 0 Å². The summed E-state index contributed by atoms with van der Waals surface area (Å²) in [6.07, 6.45) is 2.53. The minimum atomic E-state index is 0.522. The Kier molecular flexibility index (Phi) is 3.91. The van der Waals surface area contributed by atoms with E-state index in [-0.39, 0.29) is 0 Å². The molecule has 2 fully saturated rings. The molecule has 1 saturated heterocycles. The normalized spacial score (nSPS) is 25.1. The predicted molar refractivity (Wildman–Crippen MR) is 90.0 cm³/mol. The fourth-order valence-corrected chi connectivity index (χ4v) is 3.82. The third-order valence-electron chi connectivity index (χ3n) is 5.35. The van der Waals surface area contributed by atoms with Crippen molar-refractivity contribution in [3.05, 3.63) is 47.5 Å². The molecule has 122 valence electrons. The fraction of sp³-hybridized carbons (Fsp3) is 0.556. The van der Waals surface area contributed by atoms with Gasteiger partial charge in [0.2, 0.25) is 0 Å². The second-order valence-electron chi connectivity index (χ2n) is 7.01. The lowest BCUT2D eigenvalue weighted by Crippen LogP contribution is -2.24. The first-order valence-corrected chi connectivity index (χ1v) is 8.61. The summed E-state index contributed by atoms with van der Waals surface area (Å²) < 4.78 is 2.20. The maximum Gasteiger partial charge on any atom is 0.146 e. The van der Waals surface area contributed by atoms with E-state index in [0.717, 1.165) is 37.8 Å². The lowest BCUT2D eigenvalue weighted by atomic mass is 9.89. The summed E-state index contributed by atoms with van der Waals surface area (Å²) in [5.41, 5.74) is 7.44. The molecule has 0 amide bonds. The average Bonchev–Trinajstić information content (AvgIpc) is 3.24. The number of hydrogen-bond acceptors (Lipinski definition) is 4. The van der Waals surface area contributed by atoms with E-state index in [1.165, 1.54) is 18.4 Å². The molecule has 1 aliphatic carbocycles. The van der Waals surface area contributed by atoms with Crippen LogP contribution in [-0.4, -0.2) is 39.3 Å². The molecule has 5 nitrogen and oxygen atoms in total. The average molecular weight is 311 g/mol. The first-order valence-electron chi connectivity index (χ1n) is 8.61. The number of hydrogen-bond donors (Lipinski definition) is 1. The van der Waals surface area contributed by atoms with Crippen LogP contribution in [0.5, 0.6) is 0 Å². The van der Waals surface area contributed by atoms with E-state index in [1.54, 1.807) is 0 Å². The Bertz CT molecular complexity index is 661. The Labute approximate surface area is 137 Å². The molecule has 4 rings (SSSR count). The molecule has 0 radical (unpaired) electrons. The molecule has 2 atom stereocenters. The zero-order valence-electron chi connectivity index (χ0n) is 13.7. The van der Waals surface area contributed by atoms with Crippen LogP contribution in [0, 0.1) is 5.92 Å². The largest absolute Gasteiger partial charge is 0.330 e. The number of aromatic nitrogens is 3. The summed E-state index contributed by atoms with van der Waals surface area (Å²) in [6.45, 7) is 3.71. The van der Waals surface area contributed by atoms with Crippen LogP contribution in [0.3, 0.4) is 0 Å². The Morgan fingerprint density at radius 3 is 2.61 bits per heavy atom. The SMILES string of the molecule is Cn1c(CN2C[C@@H](CN)[C@H](c3ccccc3)C2)nnc1C1CC1. The van der Waals surface area contributed by atoms with Gasteiger partial charge in [-0.25, -0.2) is 0 Å². The first-order chi connectivity index (χ1) is 11.3. The van der Waals surface area contributed by atoms with Crippen LogP contribution in [0.25, 0.3) is 0 Å². The van der Waals surface area contributed by atoms with Crippen molar-refractivity contribution in [2.45, 2.75) is 31.2 Å². The van der Waals surface area contributed by atoms with Crippen molar-refractivity contribution in [3.8, 4) is 0 Å². The Balaban J connectivity index is 1.48. The van der Waals surface area contributed by atoms with Crippen LogP contribution >= 0.6 is 0 Å². The highest BCUT2D eigenvalue weighted by Crippen LogP contribution is 2.39. The van der Waals surface area contributed by atoms with Crippen LogP contribution in [-0.2, 0) is 13.6 Å². The van der Waals surface area contributed by atoms with Crippen LogP contribution in [0.1, 0.15) is 41.9 Å². The van der Waals surface area contributed by atoms with Crippen molar-refractivity contribution in [1.29, 1.82) is 0 Å². The molecule has 0 spiro atoms. The molecule has 1 aliphatic heterocycles. The molecule has 2 aliphatic rings. The maximum atomic E-state index is 6.04. The Hall–Kier alpha value is -1.72. The van der Waals surface area contributed by atoms with Gasteiger partial charge in [0.15, 0.2) is 0 Å². The standard InChI is InChI=1S/C18H25N5/c1-22-17(20-21-18(22)14-7-8-14)12-23-10-15(9-19)16(11-23)13-5-3-2-4-6-13/h2-6,14-16H,7-12,19H2,1H3/t15-,16+/m1/s1. The summed E-state index contributed by atoms with van der Waals surface area (Å²) in [6, 6.07) is 10.8. The fourth-order valence-electron chi connectivity index (χ4n) is 3.82. The van der Waals surface area contributed by atoms with Gasteiger partial charge in [-0.3, -0.25) is 4.90 Å². The Morgan fingerprint density at radius 1 is 1.13 bits per heavy atom. The van der Waals surface area contributed by atoms with Crippen molar-refractivity contribution in [1.82, 2.24) is 19.7 Å². The predicted octanol–water partition coefficient (Wildman–Crippen LogP) is 1.87. The van der Waals surface area contributed by atoms with E-state index in [4.69, 9.17) is 5.73 Å². The molecule has 2 aromatic rings. The van der Waals surface area contributed by atoms with Crippen molar-refractivity contribution >= 4 is 0 Å². The van der Waals surface area contributed by atoms with Gasteiger partial charge >= 0.3 is 0 Å². The minimum absolute atomic E-state index is 0.522. The van der Waals surface area contributed by atoms with Crippen molar-refractivity contribution in [2.24, 2.45) is 18.7 Å². The summed E-state index contributed by atoms with van der Waals surface area (Å²) in [7, 11) is 2.11. The highest BCUT2D eigenvalue weighted by atomic mass is 15.3. The highest BCUT2D eigenvalue weighted by molar-refractivity contribution is 5.22. The summed E-state index contributed by atoms with van der Waals surface area (Å²) in [5.74, 6) is 3.94. The summed E-state index contributed by atoms with van der Waals surface area (Å²) in [4.78, 5) is 2.48. The molecule has 1 aromatic heterocycles. The summed E-state index contributed by atoms with van der Waals surface area (Å²) >= 11 is 0. The van der Waals surface area contributed by atoms with Gasteiger partial charge in [-0.2, -0.15) is 0 Å². The van der Waals surface area contributed by atoms with E-state index in [0.29, 0.717) is 17.8 Å². The van der Waals surface area contributed by atoms with E-state index in [9.17, 15) is 0 Å². The number of nitrogens with zero attached hydrogens (tertiary/aromatic N) is 4. The third kappa shape index (κ3) is 2.91. The monoisotopic (exact) mass is 311 g/mol. The van der Waals surface area contributed by atoms with E-state index >= 15 is 0 Å². The van der Waals surface area contributed by atoms with Gasteiger partial charge in [0, 0.05) is 32.0 Å². The lowest BCUT2D eigenvalue weighted by Gasteiger charge is -2.16. The van der Waals surface area contributed by atoms with Crippen LogP contribution in [0.15, 0.2) is 30.3 Å². The van der Waals surface area contributed by atoms with Crippen LogP contribution in [0.2, 0.25) is 0 Å². The number of rotatable bonds is 5. The lowest BCUT2D eigenvalue weighted by molar-refractivity contribution is 0.304. The smallest absolute Gasteiger partial charge is 0.146 e. The molecular formula is C18H25N5. The minimum Gasteiger partial charge on any atom is -0.330 e. The van der Waals surface area contributed by atoms with E-state index in [1.807, 2.05) is 0 Å². The van der Waals surface area contributed by atoms with E-state index in [2.05, 4.69) is 57.0 Å². The van der Waals surface area contributed by atoms with Gasteiger partial charge in [-0.05, 0) is 30.9 Å². The summed E-state index contributed by atoms with van der Waals surface area (Å²) in [5, 5.41) is 8.83. The zero-order chi connectivity index (χ0) is 15.8. The molecule has 1 saturated carbocycles. The molecule has 0 unspecified atom stereocenters. The number of nitrogens with two attached hydrogens (primary N) is 1. The quantitative estimate of drug-likeness (QED) is 0.916. The maximum absolute atomic E-state index is 6.04. The molecule has 2 heterocycles. The van der Waals surface area contributed by atoms with Crippen molar-refractivity contribution in [3.63, 3.8) is 0 Å². The molecular weight excluding hydrogens is 286 g/mol. The van der Waals surface area contributed by atoms with Gasteiger partial charge in [0.05, 0.1) is 6.54 Å². The number of likely N-dealkylation sites (tertiary alicyclic amines) is 1. The Morgan fingerprint density at radius 2 is 1.91 bits per heavy atom. The van der Waals surface area contributed by atoms with Gasteiger partial charge in [-0.1, -0.05) is 30.3 Å². The van der Waals surface area contributed by atoms with Gasteiger partial charge in [-0.15, -0.1) is 10.2 Å². The highest BCUT2D eigenvalue weighted by Gasteiger charge is 2.34. The topological polar surface area (TPSA) is 60.0 Å². The van der Waals surface area contributed by atoms with Gasteiger partial charge < -0.3 is 10.3 Å². The molecule has 0 bridgehead atoms. The second-order valence-corrected chi connectivity index (χ2v) is 7.01. The van der Waals surface area contributed by atoms with Crippen LogP contribution < -0.4 is 5.73 Å². The van der Waals surface area contributed by atoms with Crippen LogP contribution in [0.4, 0.5) is 0 Å². The third-order valence-corrected chi connectivity index (χ3v) is 5.35. The molecule has 5 heteroatoms. The molecule has 1 aromatic carbocycles. The van der Waals surface area contributed by atoms with Crippen molar-refractivity contribution in [2.75, 3.05) is 19.6 Å². The van der Waals surface area contributed by atoms with Gasteiger partial charge in [0.1, 0.15) is 11.6 Å². The first kappa shape index (κ1) is 14.8.